The monoisotopic (exact) mass is 144 g/mol. The van der Waals surface area contributed by atoms with Crippen LogP contribution in [-0.2, 0) is 0 Å². The summed E-state index contributed by atoms with van der Waals surface area (Å²) in [6.07, 6.45) is 5.37. The predicted molar refractivity (Wildman–Crippen MR) is 46.2 cm³/mol. The summed E-state index contributed by atoms with van der Waals surface area (Å²) in [4.78, 5) is 8.18. The fourth-order valence-corrected chi connectivity index (χ4v) is 1.28. The summed E-state index contributed by atoms with van der Waals surface area (Å²) >= 11 is 0. The zero-order chi connectivity index (χ0) is 7.84. The van der Waals surface area contributed by atoms with Crippen LogP contribution in [0, 0.1) is 0 Å². The lowest BCUT2D eigenvalue weighted by molar-refractivity contribution is 1.26. The summed E-state index contributed by atoms with van der Waals surface area (Å²) in [5, 5.41) is 2.09. The summed E-state index contributed by atoms with van der Waals surface area (Å²) in [7, 11) is 0. The summed E-state index contributed by atoms with van der Waals surface area (Å²) in [6.45, 7) is 5.91. The van der Waals surface area contributed by atoms with Crippen molar-refractivity contribution in [1.29, 1.82) is 0 Å². The lowest BCUT2D eigenvalue weighted by atomic mass is 10.2. The molecule has 1 aromatic rings. The van der Waals surface area contributed by atoms with E-state index in [-0.39, 0.29) is 0 Å². The van der Waals surface area contributed by atoms with Crippen LogP contribution in [-0.4, -0.2) is 11.2 Å². The van der Waals surface area contributed by atoms with Gasteiger partial charge in [-0.3, -0.25) is 9.98 Å². The van der Waals surface area contributed by atoms with Gasteiger partial charge in [-0.15, -0.1) is 0 Å². The number of hydrogen-bond acceptors (Lipinski definition) is 2. The van der Waals surface area contributed by atoms with Crippen LogP contribution >= 0.6 is 0 Å². The zero-order valence-electron chi connectivity index (χ0n) is 6.33. The quantitative estimate of drug-likeness (QED) is 0.516. The molecular formula is C9H8N2. The Bertz CT molecular complexity index is 429. The van der Waals surface area contributed by atoms with Crippen LogP contribution in [0.5, 0.6) is 0 Å². The molecule has 0 saturated carbocycles. The van der Waals surface area contributed by atoms with Gasteiger partial charge in [-0.1, -0.05) is 6.58 Å². The number of aromatic nitrogens is 1. The van der Waals surface area contributed by atoms with E-state index in [1.54, 1.807) is 12.4 Å². The van der Waals surface area contributed by atoms with Gasteiger partial charge in [0.15, 0.2) is 0 Å². The van der Waals surface area contributed by atoms with Crippen molar-refractivity contribution in [2.45, 2.75) is 6.92 Å². The Morgan fingerprint density at radius 3 is 2.91 bits per heavy atom. The van der Waals surface area contributed by atoms with Gasteiger partial charge in [-0.05, 0) is 17.7 Å². The lowest BCUT2D eigenvalue weighted by Crippen LogP contribution is -2.24. The van der Waals surface area contributed by atoms with Crippen molar-refractivity contribution in [3.63, 3.8) is 0 Å². The number of pyridine rings is 1. The Morgan fingerprint density at radius 1 is 1.36 bits per heavy atom. The third-order valence-electron chi connectivity index (χ3n) is 1.80. The second-order valence-electron chi connectivity index (χ2n) is 2.63. The first-order valence-electron chi connectivity index (χ1n) is 3.47. The van der Waals surface area contributed by atoms with Crippen molar-refractivity contribution in [2.75, 3.05) is 0 Å². The third kappa shape index (κ3) is 0.792. The molecule has 0 aromatic carbocycles. The molecule has 2 heteroatoms. The minimum atomic E-state index is 0.940. The van der Waals surface area contributed by atoms with Crippen LogP contribution in [0.15, 0.2) is 17.4 Å². The Morgan fingerprint density at radius 2 is 2.18 bits per heavy atom. The highest BCUT2D eigenvalue weighted by Gasteiger charge is 2.02. The van der Waals surface area contributed by atoms with E-state index in [0.29, 0.717) is 0 Å². The van der Waals surface area contributed by atoms with Crippen LogP contribution < -0.4 is 10.4 Å². The highest BCUT2D eigenvalue weighted by Crippen LogP contribution is 2.06. The minimum Gasteiger partial charge on any atom is -0.262 e. The Kier molecular flexibility index (Phi) is 1.15. The third-order valence-corrected chi connectivity index (χ3v) is 1.80. The number of nitrogens with zero attached hydrogens (tertiary/aromatic N) is 2. The Labute approximate surface area is 64.6 Å². The molecule has 2 rings (SSSR count). The van der Waals surface area contributed by atoms with Crippen molar-refractivity contribution < 1.29 is 0 Å². The van der Waals surface area contributed by atoms with Gasteiger partial charge in [0.2, 0.25) is 0 Å². The molecular weight excluding hydrogens is 136 g/mol. The largest absolute Gasteiger partial charge is 0.262 e. The molecule has 1 aliphatic heterocycles. The molecule has 0 saturated heterocycles. The SMILES string of the molecule is C=c1cncc2c1=C(C)C=N2. The van der Waals surface area contributed by atoms with Gasteiger partial charge in [0, 0.05) is 17.6 Å². The first-order valence-corrected chi connectivity index (χ1v) is 3.47. The summed E-state index contributed by atoms with van der Waals surface area (Å²) < 4.78 is 0. The van der Waals surface area contributed by atoms with Gasteiger partial charge < -0.3 is 0 Å². The maximum atomic E-state index is 4.18. The van der Waals surface area contributed by atoms with Gasteiger partial charge in [0.1, 0.15) is 0 Å². The molecule has 0 bridgehead atoms. The molecule has 2 nitrogen and oxygen atoms in total. The molecule has 0 N–H and O–H groups in total. The smallest absolute Gasteiger partial charge is 0.0894 e. The van der Waals surface area contributed by atoms with Crippen LogP contribution in [0.2, 0.25) is 0 Å². The first-order chi connectivity index (χ1) is 5.29. The van der Waals surface area contributed by atoms with Crippen molar-refractivity contribution in [3.8, 4) is 0 Å². The fourth-order valence-electron chi connectivity index (χ4n) is 1.28. The van der Waals surface area contributed by atoms with Crippen molar-refractivity contribution >= 4 is 24.1 Å². The van der Waals surface area contributed by atoms with E-state index in [0.717, 1.165) is 16.1 Å². The molecule has 0 spiro atoms. The van der Waals surface area contributed by atoms with E-state index in [4.69, 9.17) is 0 Å². The molecule has 0 unspecified atom stereocenters. The summed E-state index contributed by atoms with van der Waals surface area (Å²) in [6, 6.07) is 0. The number of rotatable bonds is 0. The highest BCUT2D eigenvalue weighted by atomic mass is 14.8. The van der Waals surface area contributed by atoms with Crippen LogP contribution in [0.25, 0.3) is 12.2 Å². The number of fused-ring (bicyclic) bond motifs is 1. The molecule has 0 aliphatic carbocycles. The highest BCUT2D eigenvalue weighted by molar-refractivity contribution is 6.05. The number of hydrogen-bond donors (Lipinski definition) is 0. The molecule has 0 radical (unpaired) electrons. The minimum absolute atomic E-state index is 0.940. The Balaban J connectivity index is 3.03. The van der Waals surface area contributed by atoms with Crippen LogP contribution in [0.4, 0.5) is 5.69 Å². The van der Waals surface area contributed by atoms with Crippen molar-refractivity contribution in [1.82, 2.24) is 4.98 Å². The summed E-state index contributed by atoms with van der Waals surface area (Å²) in [5.41, 5.74) is 2.11. The topological polar surface area (TPSA) is 25.2 Å². The van der Waals surface area contributed by atoms with Crippen molar-refractivity contribution in [2.24, 2.45) is 4.99 Å². The lowest BCUT2D eigenvalue weighted by Gasteiger charge is -1.89. The molecule has 1 aliphatic rings. The van der Waals surface area contributed by atoms with E-state index in [2.05, 4.69) is 16.6 Å². The molecule has 0 fully saturated rings. The van der Waals surface area contributed by atoms with Gasteiger partial charge in [-0.2, -0.15) is 0 Å². The predicted octanol–water partition coefficient (Wildman–Crippen LogP) is 0.378. The van der Waals surface area contributed by atoms with E-state index >= 15 is 0 Å². The molecule has 2 heterocycles. The standard InChI is InChI=1S/C9H8N2/c1-6-3-10-5-8-9(6)7(2)4-11-8/h3-5H,1H2,2H3. The molecule has 54 valence electrons. The normalized spacial score (nSPS) is 13.7. The maximum absolute atomic E-state index is 4.18. The second-order valence-corrected chi connectivity index (χ2v) is 2.63. The summed E-state index contributed by atoms with van der Waals surface area (Å²) in [5.74, 6) is 0. The van der Waals surface area contributed by atoms with Gasteiger partial charge in [0.05, 0.1) is 11.9 Å². The average molecular weight is 144 g/mol. The first kappa shape index (κ1) is 6.28. The number of aliphatic imine (C=N–C) groups is 1. The van der Waals surface area contributed by atoms with E-state index in [1.807, 2.05) is 13.1 Å². The molecule has 0 amide bonds. The van der Waals surface area contributed by atoms with Gasteiger partial charge >= 0.3 is 0 Å². The van der Waals surface area contributed by atoms with Crippen LogP contribution in [0.3, 0.4) is 0 Å². The Hall–Kier alpha value is -1.44. The van der Waals surface area contributed by atoms with Crippen molar-refractivity contribution in [3.05, 3.63) is 22.8 Å². The fraction of sp³-hybridized carbons (Fsp3) is 0.111. The maximum Gasteiger partial charge on any atom is 0.0894 e. The molecule has 0 atom stereocenters. The van der Waals surface area contributed by atoms with Gasteiger partial charge in [-0.25, -0.2) is 0 Å². The van der Waals surface area contributed by atoms with Crippen LogP contribution in [0.1, 0.15) is 6.92 Å². The van der Waals surface area contributed by atoms with E-state index < -0.39 is 0 Å². The molecule has 1 aromatic heterocycles. The average Bonchev–Trinajstić information content (AvgIpc) is 2.34. The van der Waals surface area contributed by atoms with E-state index in [9.17, 15) is 0 Å². The zero-order valence-corrected chi connectivity index (χ0v) is 6.33. The van der Waals surface area contributed by atoms with Gasteiger partial charge in [0.25, 0.3) is 0 Å². The van der Waals surface area contributed by atoms with E-state index in [1.165, 1.54) is 5.57 Å². The second kappa shape index (κ2) is 2.02. The molecule has 11 heavy (non-hydrogen) atoms.